The maximum atomic E-state index is 11.0. The molecular weight excluding hydrogens is 334 g/mol. The minimum atomic E-state index is 0.0875. The van der Waals surface area contributed by atoms with Gasteiger partial charge < -0.3 is 9.40 Å². The van der Waals surface area contributed by atoms with Crippen LogP contribution in [0.5, 0.6) is 0 Å². The fourth-order valence-corrected chi connectivity index (χ4v) is 2.75. The maximum Gasteiger partial charge on any atom is 0.197 e. The zero-order chi connectivity index (χ0) is 16.4. The molecule has 0 saturated heterocycles. The number of nitrogens with zero attached hydrogens (tertiary/aromatic N) is 2. The third kappa shape index (κ3) is 3.65. The van der Waals surface area contributed by atoms with Crippen LogP contribution in [-0.4, -0.2) is 26.7 Å². The summed E-state index contributed by atoms with van der Waals surface area (Å²) in [6.07, 6.45) is 0. The molecule has 0 radical (unpaired) electrons. The third-order valence-electron chi connectivity index (χ3n) is 3.17. The molecule has 1 aromatic carbocycles. The summed E-state index contributed by atoms with van der Waals surface area (Å²) in [6.45, 7) is 3.49. The van der Waals surface area contributed by atoms with Gasteiger partial charge in [0.2, 0.25) is 0 Å². The standard InChI is InChI=1S/C16H14ClN3O2S/c1-9-3-4-11(7-12(9)17)13-5-6-14(22-13)15-18-16(20-19-15)23-8-10(2)21/h3-7H,8H2,1-2H3,(H,18,19,20). The Hall–Kier alpha value is -2.05. The second kappa shape index (κ2) is 6.60. The van der Waals surface area contributed by atoms with E-state index in [1.807, 2.05) is 37.3 Å². The number of aromatic nitrogens is 3. The van der Waals surface area contributed by atoms with Gasteiger partial charge in [-0.25, -0.2) is 0 Å². The lowest BCUT2D eigenvalue weighted by Gasteiger charge is -2.00. The van der Waals surface area contributed by atoms with Crippen LogP contribution in [0.15, 0.2) is 39.9 Å². The van der Waals surface area contributed by atoms with Crippen LogP contribution in [0, 0.1) is 6.92 Å². The van der Waals surface area contributed by atoms with E-state index in [-0.39, 0.29) is 5.78 Å². The van der Waals surface area contributed by atoms with Crippen LogP contribution in [-0.2, 0) is 4.79 Å². The van der Waals surface area contributed by atoms with Gasteiger partial charge in [0.05, 0.1) is 5.75 Å². The molecule has 3 aromatic rings. The van der Waals surface area contributed by atoms with Crippen LogP contribution in [0.25, 0.3) is 22.9 Å². The minimum Gasteiger partial charge on any atom is -0.453 e. The third-order valence-corrected chi connectivity index (χ3v) is 4.59. The number of benzene rings is 1. The molecule has 2 aromatic heterocycles. The predicted octanol–water partition coefficient (Wildman–Crippen LogP) is 4.37. The molecule has 1 N–H and O–H groups in total. The van der Waals surface area contributed by atoms with Crippen molar-refractivity contribution in [3.63, 3.8) is 0 Å². The Morgan fingerprint density at radius 1 is 1.26 bits per heavy atom. The molecule has 0 bridgehead atoms. The summed E-state index contributed by atoms with van der Waals surface area (Å²) in [4.78, 5) is 14.0. The van der Waals surface area contributed by atoms with E-state index in [2.05, 4.69) is 15.2 Å². The first-order valence-corrected chi connectivity index (χ1v) is 8.31. The van der Waals surface area contributed by atoms with Crippen molar-refractivity contribution in [3.05, 3.63) is 40.9 Å². The number of nitrogens with one attached hydrogen (secondary N) is 1. The highest BCUT2D eigenvalue weighted by Crippen LogP contribution is 2.30. The number of ketones is 1. The highest BCUT2D eigenvalue weighted by molar-refractivity contribution is 7.99. The summed E-state index contributed by atoms with van der Waals surface area (Å²) in [7, 11) is 0. The van der Waals surface area contributed by atoms with E-state index in [0.29, 0.717) is 33.3 Å². The van der Waals surface area contributed by atoms with Crippen molar-refractivity contribution in [2.75, 3.05) is 5.75 Å². The molecule has 0 aliphatic heterocycles. The van der Waals surface area contributed by atoms with Crippen LogP contribution >= 0.6 is 23.4 Å². The second-order valence-corrected chi connectivity index (χ2v) is 6.47. The Kier molecular flexibility index (Phi) is 4.54. The van der Waals surface area contributed by atoms with Gasteiger partial charge >= 0.3 is 0 Å². The van der Waals surface area contributed by atoms with E-state index in [9.17, 15) is 4.79 Å². The first-order chi connectivity index (χ1) is 11.0. The Morgan fingerprint density at radius 3 is 2.78 bits per heavy atom. The number of carbonyl (C=O) groups excluding carboxylic acids is 1. The van der Waals surface area contributed by atoms with Crippen molar-refractivity contribution >= 4 is 29.1 Å². The van der Waals surface area contributed by atoms with E-state index >= 15 is 0 Å². The van der Waals surface area contributed by atoms with Gasteiger partial charge in [0.25, 0.3) is 0 Å². The average molecular weight is 348 g/mol. The second-order valence-electron chi connectivity index (χ2n) is 5.10. The van der Waals surface area contributed by atoms with Crippen LogP contribution < -0.4 is 0 Å². The van der Waals surface area contributed by atoms with Gasteiger partial charge in [-0.15, -0.1) is 10.2 Å². The summed E-state index contributed by atoms with van der Waals surface area (Å²) in [5, 5.41) is 9.33. The molecule has 23 heavy (non-hydrogen) atoms. The molecule has 0 fully saturated rings. The van der Waals surface area contributed by atoms with Crippen molar-refractivity contribution in [1.29, 1.82) is 0 Å². The Bertz CT molecular complexity index is 857. The number of Topliss-reactive ketones (excluding diaryl/α,β-unsaturated/α-hetero) is 1. The lowest BCUT2D eigenvalue weighted by Crippen LogP contribution is -1.93. The average Bonchev–Trinajstić information content (AvgIpc) is 3.16. The largest absolute Gasteiger partial charge is 0.453 e. The molecule has 0 saturated carbocycles. The number of halogens is 1. The number of H-pyrrole nitrogens is 1. The number of rotatable bonds is 5. The topological polar surface area (TPSA) is 71.8 Å². The Labute approximate surface area is 142 Å². The van der Waals surface area contributed by atoms with Crippen molar-refractivity contribution in [2.45, 2.75) is 19.0 Å². The van der Waals surface area contributed by atoms with Crippen molar-refractivity contribution < 1.29 is 9.21 Å². The summed E-state index contributed by atoms with van der Waals surface area (Å²) >= 11 is 7.46. The van der Waals surface area contributed by atoms with Gasteiger partial charge in [-0.05, 0) is 37.6 Å². The molecule has 118 valence electrons. The SMILES string of the molecule is CC(=O)CSc1nnc(-c2ccc(-c3ccc(C)c(Cl)c3)o2)[nH]1. The number of carbonyl (C=O) groups is 1. The number of thioether (sulfide) groups is 1. The molecule has 0 atom stereocenters. The van der Waals surface area contributed by atoms with Crippen LogP contribution in [0.1, 0.15) is 12.5 Å². The van der Waals surface area contributed by atoms with E-state index in [0.717, 1.165) is 11.1 Å². The number of aryl methyl sites for hydroxylation is 1. The van der Waals surface area contributed by atoms with Gasteiger partial charge in [0.1, 0.15) is 11.5 Å². The van der Waals surface area contributed by atoms with Crippen LogP contribution in [0.3, 0.4) is 0 Å². The number of hydrogen-bond donors (Lipinski definition) is 1. The molecule has 2 heterocycles. The minimum absolute atomic E-state index is 0.0875. The molecule has 0 aliphatic rings. The smallest absolute Gasteiger partial charge is 0.197 e. The fourth-order valence-electron chi connectivity index (χ4n) is 1.96. The monoisotopic (exact) mass is 347 g/mol. The van der Waals surface area contributed by atoms with Crippen LogP contribution in [0.2, 0.25) is 5.02 Å². The van der Waals surface area contributed by atoms with E-state index < -0.39 is 0 Å². The highest BCUT2D eigenvalue weighted by atomic mass is 35.5. The van der Waals surface area contributed by atoms with Gasteiger partial charge in [0.15, 0.2) is 16.7 Å². The maximum absolute atomic E-state index is 11.0. The lowest BCUT2D eigenvalue weighted by atomic mass is 10.1. The summed E-state index contributed by atoms with van der Waals surface area (Å²) in [5.74, 6) is 2.26. The zero-order valence-corrected chi connectivity index (χ0v) is 14.2. The number of hydrogen-bond acceptors (Lipinski definition) is 5. The lowest BCUT2D eigenvalue weighted by molar-refractivity contribution is -0.114. The molecule has 0 spiro atoms. The summed E-state index contributed by atoms with van der Waals surface area (Å²) in [5.41, 5.74) is 1.92. The van der Waals surface area contributed by atoms with E-state index in [1.165, 1.54) is 18.7 Å². The first-order valence-electron chi connectivity index (χ1n) is 6.94. The molecule has 0 aliphatic carbocycles. The van der Waals surface area contributed by atoms with Gasteiger partial charge in [0, 0.05) is 10.6 Å². The van der Waals surface area contributed by atoms with Gasteiger partial charge in [-0.1, -0.05) is 35.5 Å². The van der Waals surface area contributed by atoms with Crippen LogP contribution in [0.4, 0.5) is 0 Å². The molecule has 0 unspecified atom stereocenters. The number of furan rings is 1. The quantitative estimate of drug-likeness (QED) is 0.693. The normalized spacial score (nSPS) is 10.9. The Morgan fingerprint density at radius 2 is 2.04 bits per heavy atom. The zero-order valence-electron chi connectivity index (χ0n) is 12.6. The first kappa shape index (κ1) is 15.8. The van der Waals surface area contributed by atoms with Gasteiger partial charge in [-0.2, -0.15) is 0 Å². The molecular formula is C16H14ClN3O2S. The highest BCUT2D eigenvalue weighted by Gasteiger charge is 2.12. The van der Waals surface area contributed by atoms with Crippen molar-refractivity contribution in [2.24, 2.45) is 0 Å². The predicted molar refractivity (Wildman–Crippen MR) is 90.7 cm³/mol. The summed E-state index contributed by atoms with van der Waals surface area (Å²) < 4.78 is 5.82. The van der Waals surface area contributed by atoms with E-state index in [1.54, 1.807) is 0 Å². The van der Waals surface area contributed by atoms with Gasteiger partial charge in [-0.3, -0.25) is 4.79 Å². The fraction of sp³-hybridized carbons (Fsp3) is 0.188. The molecule has 7 heteroatoms. The summed E-state index contributed by atoms with van der Waals surface area (Å²) in [6, 6.07) is 9.46. The van der Waals surface area contributed by atoms with Crippen molar-refractivity contribution in [1.82, 2.24) is 15.2 Å². The number of aromatic amines is 1. The molecule has 3 rings (SSSR count). The van der Waals surface area contributed by atoms with E-state index in [4.69, 9.17) is 16.0 Å². The molecule has 5 nitrogen and oxygen atoms in total. The molecule has 0 amide bonds. The Balaban J connectivity index is 1.81. The van der Waals surface area contributed by atoms with Crippen molar-refractivity contribution in [3.8, 4) is 22.9 Å².